The number of β-lactam (4-membered cyclic amide) rings is 1. The lowest BCUT2D eigenvalue weighted by Crippen LogP contribution is -2.68. The predicted octanol–water partition coefficient (Wildman–Crippen LogP) is 1.83. The molecule has 1 fully saturated rings. The molecule has 3 nitrogen and oxygen atoms in total. The largest absolute Gasteiger partial charge is 0.327 e. The minimum absolute atomic E-state index is 0.120. The van der Waals surface area contributed by atoms with Crippen LogP contribution in [0.15, 0.2) is 24.3 Å². The number of rotatable bonds is 1. The van der Waals surface area contributed by atoms with Gasteiger partial charge in [0.1, 0.15) is 11.9 Å². The van der Waals surface area contributed by atoms with Crippen molar-refractivity contribution in [2.24, 2.45) is 5.73 Å². The second-order valence-corrected chi connectivity index (χ2v) is 5.37. The van der Waals surface area contributed by atoms with Crippen molar-refractivity contribution in [3.63, 3.8) is 0 Å². The molecule has 92 valence electrons. The van der Waals surface area contributed by atoms with Gasteiger partial charge in [-0.2, -0.15) is 0 Å². The van der Waals surface area contributed by atoms with Crippen molar-refractivity contribution in [2.75, 3.05) is 0 Å². The molecule has 2 rings (SSSR count). The van der Waals surface area contributed by atoms with Crippen LogP contribution in [0, 0.1) is 5.82 Å². The summed E-state index contributed by atoms with van der Waals surface area (Å²) < 4.78 is 13.7. The summed E-state index contributed by atoms with van der Waals surface area (Å²) in [5.74, 6) is -0.430. The molecule has 0 unspecified atom stereocenters. The fourth-order valence-electron chi connectivity index (χ4n) is 2.31. The van der Waals surface area contributed by atoms with Gasteiger partial charge in [-0.05, 0) is 26.8 Å². The number of hydrogen-bond donors (Lipinski definition) is 1. The summed E-state index contributed by atoms with van der Waals surface area (Å²) >= 11 is 0. The van der Waals surface area contributed by atoms with Gasteiger partial charge >= 0.3 is 0 Å². The highest BCUT2D eigenvalue weighted by Crippen LogP contribution is 2.40. The normalized spacial score (nSPS) is 24.8. The molecule has 1 amide bonds. The third kappa shape index (κ3) is 1.82. The van der Waals surface area contributed by atoms with Crippen LogP contribution in [0.2, 0.25) is 0 Å². The van der Waals surface area contributed by atoms with Crippen LogP contribution < -0.4 is 5.73 Å². The molecule has 0 radical (unpaired) electrons. The standard InChI is InChI=1S/C13H17FN2O/c1-13(2,3)16-11(10(15)12(16)17)8-6-4-5-7-9(8)14/h4-7,10-11H,15H2,1-3H3/t10-,11+/m0/s1. The molecule has 1 aromatic rings. The summed E-state index contributed by atoms with van der Waals surface area (Å²) in [6.07, 6.45) is 0. The molecule has 2 atom stereocenters. The lowest BCUT2D eigenvalue weighted by Gasteiger charge is -2.52. The van der Waals surface area contributed by atoms with E-state index in [1.54, 1.807) is 23.1 Å². The van der Waals surface area contributed by atoms with Crippen molar-refractivity contribution in [3.05, 3.63) is 35.6 Å². The molecular formula is C13H17FN2O. The van der Waals surface area contributed by atoms with Crippen molar-refractivity contribution >= 4 is 5.91 Å². The average Bonchev–Trinajstić information content (AvgIpc) is 2.24. The molecule has 2 N–H and O–H groups in total. The molecule has 4 heteroatoms. The third-order valence-corrected chi connectivity index (χ3v) is 3.09. The minimum atomic E-state index is -0.633. The van der Waals surface area contributed by atoms with Gasteiger partial charge in [0.15, 0.2) is 0 Å². The molecule has 1 aliphatic rings. The van der Waals surface area contributed by atoms with Gasteiger partial charge in [-0.15, -0.1) is 0 Å². The Morgan fingerprint density at radius 2 is 1.88 bits per heavy atom. The first-order valence-corrected chi connectivity index (χ1v) is 5.67. The van der Waals surface area contributed by atoms with Gasteiger partial charge in [-0.25, -0.2) is 4.39 Å². The first kappa shape index (κ1) is 12.0. The molecule has 1 heterocycles. The maximum Gasteiger partial charge on any atom is 0.243 e. The molecule has 0 aromatic heterocycles. The van der Waals surface area contributed by atoms with E-state index in [1.807, 2.05) is 20.8 Å². The van der Waals surface area contributed by atoms with Crippen molar-refractivity contribution in [2.45, 2.75) is 38.4 Å². The van der Waals surface area contributed by atoms with Crippen molar-refractivity contribution < 1.29 is 9.18 Å². The predicted molar refractivity (Wildman–Crippen MR) is 63.7 cm³/mol. The van der Waals surface area contributed by atoms with E-state index in [2.05, 4.69) is 0 Å². The molecule has 0 bridgehead atoms. The van der Waals surface area contributed by atoms with Crippen LogP contribution in [0.4, 0.5) is 4.39 Å². The number of benzene rings is 1. The molecule has 1 saturated heterocycles. The van der Waals surface area contributed by atoms with Crippen LogP contribution in [0.1, 0.15) is 32.4 Å². The van der Waals surface area contributed by atoms with Crippen LogP contribution in [0.3, 0.4) is 0 Å². The second kappa shape index (κ2) is 3.81. The Morgan fingerprint density at radius 3 is 2.41 bits per heavy atom. The monoisotopic (exact) mass is 236 g/mol. The fraction of sp³-hybridized carbons (Fsp3) is 0.462. The highest BCUT2D eigenvalue weighted by atomic mass is 19.1. The molecule has 0 aliphatic carbocycles. The van der Waals surface area contributed by atoms with Gasteiger partial charge in [-0.1, -0.05) is 18.2 Å². The number of amides is 1. The van der Waals surface area contributed by atoms with E-state index in [1.165, 1.54) is 6.07 Å². The smallest absolute Gasteiger partial charge is 0.243 e. The van der Waals surface area contributed by atoms with E-state index in [0.717, 1.165) is 0 Å². The quantitative estimate of drug-likeness (QED) is 0.756. The minimum Gasteiger partial charge on any atom is -0.327 e. The van der Waals surface area contributed by atoms with Gasteiger partial charge in [-0.3, -0.25) is 4.79 Å². The summed E-state index contributed by atoms with van der Waals surface area (Å²) in [5, 5.41) is 0. The van der Waals surface area contributed by atoms with Crippen LogP contribution in [0.25, 0.3) is 0 Å². The van der Waals surface area contributed by atoms with Crippen molar-refractivity contribution in [1.29, 1.82) is 0 Å². The molecule has 1 aromatic carbocycles. The summed E-state index contributed by atoms with van der Waals surface area (Å²) in [5.41, 5.74) is 5.94. The Balaban J connectivity index is 2.39. The Morgan fingerprint density at radius 1 is 1.29 bits per heavy atom. The lowest BCUT2D eigenvalue weighted by molar-refractivity contribution is -0.158. The molecule has 0 spiro atoms. The zero-order chi connectivity index (χ0) is 12.8. The Labute approximate surface area is 100 Å². The highest BCUT2D eigenvalue weighted by Gasteiger charge is 2.51. The Kier molecular flexibility index (Phi) is 2.70. The SMILES string of the molecule is CC(C)(C)N1C(=O)[C@@H](N)[C@H]1c1ccccc1F. The van der Waals surface area contributed by atoms with E-state index >= 15 is 0 Å². The summed E-state index contributed by atoms with van der Waals surface area (Å²) in [4.78, 5) is 13.4. The summed E-state index contributed by atoms with van der Waals surface area (Å²) in [6.45, 7) is 5.76. The van der Waals surface area contributed by atoms with Crippen LogP contribution in [-0.2, 0) is 4.79 Å². The number of carbonyl (C=O) groups excluding carboxylic acids is 1. The number of nitrogens with zero attached hydrogens (tertiary/aromatic N) is 1. The van der Waals surface area contributed by atoms with E-state index in [0.29, 0.717) is 5.56 Å². The van der Waals surface area contributed by atoms with Crippen molar-refractivity contribution in [1.82, 2.24) is 4.90 Å². The lowest BCUT2D eigenvalue weighted by atomic mass is 9.84. The summed E-state index contributed by atoms with van der Waals surface area (Å²) in [6, 6.07) is 5.48. The van der Waals surface area contributed by atoms with Crippen LogP contribution in [0.5, 0.6) is 0 Å². The number of halogens is 1. The number of carbonyl (C=O) groups is 1. The van der Waals surface area contributed by atoms with Gasteiger partial charge in [0.25, 0.3) is 0 Å². The van der Waals surface area contributed by atoms with E-state index in [9.17, 15) is 9.18 Å². The van der Waals surface area contributed by atoms with Gasteiger partial charge in [0.2, 0.25) is 5.91 Å². The van der Waals surface area contributed by atoms with E-state index in [4.69, 9.17) is 5.73 Å². The first-order chi connectivity index (χ1) is 7.84. The van der Waals surface area contributed by atoms with Crippen molar-refractivity contribution in [3.8, 4) is 0 Å². The maximum atomic E-state index is 13.7. The van der Waals surface area contributed by atoms with Gasteiger partial charge in [0.05, 0.1) is 6.04 Å². The number of hydrogen-bond acceptors (Lipinski definition) is 2. The third-order valence-electron chi connectivity index (χ3n) is 3.09. The second-order valence-electron chi connectivity index (χ2n) is 5.37. The average molecular weight is 236 g/mol. The Hall–Kier alpha value is -1.42. The van der Waals surface area contributed by atoms with Crippen LogP contribution in [-0.4, -0.2) is 22.4 Å². The highest BCUT2D eigenvalue weighted by molar-refractivity contribution is 5.90. The number of likely N-dealkylation sites (tertiary alicyclic amines) is 1. The molecule has 17 heavy (non-hydrogen) atoms. The molecular weight excluding hydrogens is 219 g/mol. The summed E-state index contributed by atoms with van der Waals surface area (Å²) in [7, 11) is 0. The topological polar surface area (TPSA) is 46.3 Å². The fourth-order valence-corrected chi connectivity index (χ4v) is 2.31. The molecule has 0 saturated carbocycles. The number of nitrogens with two attached hydrogens (primary N) is 1. The van der Waals surface area contributed by atoms with Crippen LogP contribution >= 0.6 is 0 Å². The van der Waals surface area contributed by atoms with Gasteiger partial charge in [0, 0.05) is 11.1 Å². The van der Waals surface area contributed by atoms with Gasteiger partial charge < -0.3 is 10.6 Å². The first-order valence-electron chi connectivity index (χ1n) is 5.67. The zero-order valence-electron chi connectivity index (χ0n) is 10.3. The maximum absolute atomic E-state index is 13.7. The molecule has 1 aliphatic heterocycles. The Bertz CT molecular complexity index is 453. The zero-order valence-corrected chi connectivity index (χ0v) is 10.3. The van der Waals surface area contributed by atoms with E-state index < -0.39 is 6.04 Å². The van der Waals surface area contributed by atoms with E-state index in [-0.39, 0.29) is 23.3 Å².